The van der Waals surface area contributed by atoms with E-state index in [0.717, 1.165) is 12.8 Å². The van der Waals surface area contributed by atoms with Crippen molar-refractivity contribution < 1.29 is 9.90 Å². The number of carbonyl (C=O) groups is 1. The van der Waals surface area contributed by atoms with Crippen molar-refractivity contribution in [1.29, 1.82) is 0 Å². The third kappa shape index (κ3) is 3.96. The van der Waals surface area contributed by atoms with Crippen molar-refractivity contribution in [2.75, 3.05) is 13.2 Å². The minimum Gasteiger partial charge on any atom is -0.396 e. The number of aliphatic hydroxyl groups is 1. The van der Waals surface area contributed by atoms with Gasteiger partial charge in [0.1, 0.15) is 0 Å². The summed E-state index contributed by atoms with van der Waals surface area (Å²) in [7, 11) is 0. The van der Waals surface area contributed by atoms with Crippen molar-refractivity contribution in [2.45, 2.75) is 38.6 Å². The molecule has 3 N–H and O–H groups in total. The lowest BCUT2D eigenvalue weighted by molar-refractivity contribution is 0.220. The van der Waals surface area contributed by atoms with E-state index in [1.165, 1.54) is 12.8 Å². The van der Waals surface area contributed by atoms with Crippen LogP contribution in [0.2, 0.25) is 0 Å². The van der Waals surface area contributed by atoms with Crippen LogP contribution >= 0.6 is 0 Å². The molecule has 0 aromatic rings. The third-order valence-corrected chi connectivity index (χ3v) is 2.61. The van der Waals surface area contributed by atoms with Gasteiger partial charge in [-0.05, 0) is 18.8 Å². The van der Waals surface area contributed by atoms with E-state index in [9.17, 15) is 4.79 Å². The molecule has 14 heavy (non-hydrogen) atoms. The van der Waals surface area contributed by atoms with Gasteiger partial charge in [-0.25, -0.2) is 4.79 Å². The highest BCUT2D eigenvalue weighted by Crippen LogP contribution is 2.17. The first-order chi connectivity index (χ1) is 6.72. The predicted octanol–water partition coefficient (Wildman–Crippen LogP) is 0.857. The van der Waals surface area contributed by atoms with E-state index in [-0.39, 0.29) is 18.6 Å². The molecule has 1 saturated carbocycles. The van der Waals surface area contributed by atoms with Gasteiger partial charge in [-0.3, -0.25) is 0 Å². The second-order valence-electron chi connectivity index (χ2n) is 4.12. The standard InChI is InChI=1S/C10H20N2O2/c1-8(7-13)6-11-10(14)12-9-4-2-3-5-9/h8-9,13H,2-7H2,1H3,(H2,11,12,14). The molecule has 1 unspecified atom stereocenters. The maximum Gasteiger partial charge on any atom is 0.315 e. The van der Waals surface area contributed by atoms with Gasteiger partial charge < -0.3 is 15.7 Å². The number of urea groups is 1. The van der Waals surface area contributed by atoms with Gasteiger partial charge in [0.15, 0.2) is 0 Å². The quantitative estimate of drug-likeness (QED) is 0.630. The number of amides is 2. The number of carbonyl (C=O) groups excluding carboxylic acids is 1. The van der Waals surface area contributed by atoms with E-state index in [2.05, 4.69) is 10.6 Å². The molecule has 0 aromatic carbocycles. The summed E-state index contributed by atoms with van der Waals surface area (Å²) < 4.78 is 0. The van der Waals surface area contributed by atoms with Crippen molar-refractivity contribution in [1.82, 2.24) is 10.6 Å². The molecule has 4 nitrogen and oxygen atoms in total. The summed E-state index contributed by atoms with van der Waals surface area (Å²) in [6.45, 7) is 2.55. The Morgan fingerprint density at radius 1 is 1.50 bits per heavy atom. The average molecular weight is 200 g/mol. The molecule has 2 amide bonds. The van der Waals surface area contributed by atoms with E-state index >= 15 is 0 Å². The molecule has 1 rings (SSSR count). The first-order valence-corrected chi connectivity index (χ1v) is 5.37. The Morgan fingerprint density at radius 2 is 2.14 bits per heavy atom. The van der Waals surface area contributed by atoms with Crippen LogP contribution in [0.4, 0.5) is 4.79 Å². The fraction of sp³-hybridized carbons (Fsp3) is 0.900. The Labute approximate surface area is 85.1 Å². The molecule has 0 heterocycles. The molecule has 1 atom stereocenters. The van der Waals surface area contributed by atoms with Gasteiger partial charge in [0.05, 0.1) is 0 Å². The smallest absolute Gasteiger partial charge is 0.315 e. The largest absolute Gasteiger partial charge is 0.396 e. The van der Waals surface area contributed by atoms with Gasteiger partial charge in [0.2, 0.25) is 0 Å². The van der Waals surface area contributed by atoms with Gasteiger partial charge in [0.25, 0.3) is 0 Å². The van der Waals surface area contributed by atoms with Crippen molar-refractivity contribution in [3.63, 3.8) is 0 Å². The summed E-state index contributed by atoms with van der Waals surface area (Å²) in [5, 5.41) is 14.4. The lowest BCUT2D eigenvalue weighted by Gasteiger charge is -2.14. The molecule has 0 radical (unpaired) electrons. The second-order valence-corrected chi connectivity index (χ2v) is 4.12. The highest BCUT2D eigenvalue weighted by molar-refractivity contribution is 5.74. The number of hydrogen-bond acceptors (Lipinski definition) is 2. The van der Waals surface area contributed by atoms with E-state index in [0.29, 0.717) is 12.6 Å². The summed E-state index contributed by atoms with van der Waals surface area (Å²) >= 11 is 0. The van der Waals surface area contributed by atoms with Crippen molar-refractivity contribution in [3.05, 3.63) is 0 Å². The molecule has 82 valence electrons. The van der Waals surface area contributed by atoms with Gasteiger partial charge in [-0.2, -0.15) is 0 Å². The average Bonchev–Trinajstić information content (AvgIpc) is 2.66. The Kier molecular flexibility index (Phi) is 4.73. The maximum atomic E-state index is 11.3. The van der Waals surface area contributed by atoms with Gasteiger partial charge in [-0.1, -0.05) is 19.8 Å². The lowest BCUT2D eigenvalue weighted by Crippen LogP contribution is -2.42. The van der Waals surface area contributed by atoms with Crippen LogP contribution in [-0.2, 0) is 0 Å². The van der Waals surface area contributed by atoms with Crippen LogP contribution in [0.3, 0.4) is 0 Å². The zero-order valence-electron chi connectivity index (χ0n) is 8.75. The molecule has 4 heteroatoms. The molecular weight excluding hydrogens is 180 g/mol. The van der Waals surface area contributed by atoms with Gasteiger partial charge in [0, 0.05) is 19.2 Å². The first kappa shape index (κ1) is 11.3. The third-order valence-electron chi connectivity index (χ3n) is 2.61. The van der Waals surface area contributed by atoms with Crippen molar-refractivity contribution in [3.8, 4) is 0 Å². The SMILES string of the molecule is CC(CO)CNC(=O)NC1CCCC1. The molecule has 1 aliphatic rings. The number of nitrogens with one attached hydrogen (secondary N) is 2. The highest BCUT2D eigenvalue weighted by Gasteiger charge is 2.16. The molecule has 1 aliphatic carbocycles. The van der Waals surface area contributed by atoms with Crippen LogP contribution in [0, 0.1) is 5.92 Å². The van der Waals surface area contributed by atoms with E-state index in [1.54, 1.807) is 0 Å². The number of hydrogen-bond donors (Lipinski definition) is 3. The molecule has 0 aliphatic heterocycles. The molecule has 1 fully saturated rings. The van der Waals surface area contributed by atoms with Gasteiger partial charge in [-0.15, -0.1) is 0 Å². The normalized spacial score (nSPS) is 19.3. The van der Waals surface area contributed by atoms with E-state index < -0.39 is 0 Å². The minimum absolute atomic E-state index is 0.0998. The van der Waals surface area contributed by atoms with Crippen LogP contribution < -0.4 is 10.6 Å². The zero-order valence-corrected chi connectivity index (χ0v) is 8.75. The Hall–Kier alpha value is -0.770. The molecule has 0 bridgehead atoms. The maximum absolute atomic E-state index is 11.3. The Balaban J connectivity index is 2.09. The topological polar surface area (TPSA) is 61.4 Å². The van der Waals surface area contributed by atoms with Crippen LogP contribution in [0.25, 0.3) is 0 Å². The van der Waals surface area contributed by atoms with E-state index in [4.69, 9.17) is 5.11 Å². The summed E-state index contributed by atoms with van der Waals surface area (Å²) in [6.07, 6.45) is 4.64. The highest BCUT2D eigenvalue weighted by atomic mass is 16.3. The van der Waals surface area contributed by atoms with Crippen LogP contribution in [0.5, 0.6) is 0 Å². The molecule has 0 spiro atoms. The zero-order chi connectivity index (χ0) is 10.4. The molecule has 0 aromatic heterocycles. The number of rotatable bonds is 4. The summed E-state index contributed by atoms with van der Waals surface area (Å²) in [4.78, 5) is 11.3. The Morgan fingerprint density at radius 3 is 2.71 bits per heavy atom. The van der Waals surface area contributed by atoms with Crippen molar-refractivity contribution >= 4 is 6.03 Å². The second kappa shape index (κ2) is 5.86. The number of aliphatic hydroxyl groups excluding tert-OH is 1. The Bertz CT molecular complexity index is 179. The van der Waals surface area contributed by atoms with Crippen LogP contribution in [0.15, 0.2) is 0 Å². The monoisotopic (exact) mass is 200 g/mol. The summed E-state index contributed by atoms with van der Waals surface area (Å²) in [5.41, 5.74) is 0. The first-order valence-electron chi connectivity index (χ1n) is 5.37. The van der Waals surface area contributed by atoms with Crippen molar-refractivity contribution in [2.24, 2.45) is 5.92 Å². The predicted molar refractivity (Wildman–Crippen MR) is 55.0 cm³/mol. The minimum atomic E-state index is -0.0998. The van der Waals surface area contributed by atoms with Crippen LogP contribution in [0.1, 0.15) is 32.6 Å². The molecule has 0 saturated heterocycles. The van der Waals surface area contributed by atoms with Gasteiger partial charge >= 0.3 is 6.03 Å². The summed E-state index contributed by atoms with van der Waals surface area (Å²) in [5.74, 6) is 0.129. The fourth-order valence-electron chi connectivity index (χ4n) is 1.64. The summed E-state index contributed by atoms with van der Waals surface area (Å²) in [6, 6.07) is 0.261. The van der Waals surface area contributed by atoms with E-state index in [1.807, 2.05) is 6.92 Å². The lowest BCUT2D eigenvalue weighted by atomic mass is 10.2. The van der Waals surface area contributed by atoms with Crippen LogP contribution in [-0.4, -0.2) is 30.3 Å². The fourth-order valence-corrected chi connectivity index (χ4v) is 1.64. The molecular formula is C10H20N2O2.